The number of rotatable bonds is 6. The molecule has 4 atom stereocenters. The van der Waals surface area contributed by atoms with Gasteiger partial charge in [-0.15, -0.1) is 0 Å². The zero-order valence-corrected chi connectivity index (χ0v) is 15.4. The summed E-state index contributed by atoms with van der Waals surface area (Å²) >= 11 is 0. The molecule has 1 aromatic carbocycles. The van der Waals surface area contributed by atoms with Crippen molar-refractivity contribution in [3.05, 3.63) is 47.7 Å². The summed E-state index contributed by atoms with van der Waals surface area (Å²) in [6.45, 7) is 1.74. The molecule has 0 aliphatic heterocycles. The van der Waals surface area contributed by atoms with E-state index in [4.69, 9.17) is 9.26 Å². The molecule has 0 unspecified atom stereocenters. The number of carbonyl (C=O) groups is 2. The molecular weight excluding hydrogens is 344 g/mol. The van der Waals surface area contributed by atoms with E-state index in [-0.39, 0.29) is 5.97 Å². The fraction of sp³-hybridized carbons (Fsp3) is 0.476. The molecule has 6 nitrogen and oxygen atoms in total. The van der Waals surface area contributed by atoms with Gasteiger partial charge in [0, 0.05) is 18.1 Å². The molecule has 6 heteroatoms. The Balaban J connectivity index is 1.44. The molecule has 2 saturated carbocycles. The first-order valence-corrected chi connectivity index (χ1v) is 9.57. The van der Waals surface area contributed by atoms with Crippen LogP contribution < -0.4 is 5.32 Å². The van der Waals surface area contributed by atoms with Crippen LogP contribution in [-0.2, 0) is 14.3 Å². The van der Waals surface area contributed by atoms with Crippen LogP contribution >= 0.6 is 0 Å². The lowest BCUT2D eigenvalue weighted by Gasteiger charge is -2.22. The lowest BCUT2D eigenvalue weighted by molar-refractivity contribution is -0.156. The topological polar surface area (TPSA) is 81.4 Å². The minimum Gasteiger partial charge on any atom is -0.447 e. The van der Waals surface area contributed by atoms with E-state index in [1.807, 2.05) is 18.2 Å². The standard InChI is InChI=1S/C21H24N2O4/c1-13-9-18(23-27-13)22-21(25)20(15-5-3-2-4-6-15)26-19(24)12-17-11-14-7-8-16(17)10-14/h2-6,9,14,16-17,20H,7-8,10-12H2,1H3,(H,22,23,25)/t14-,16-,17-,20+/m0/s1. The highest BCUT2D eigenvalue weighted by Gasteiger charge is 2.41. The van der Waals surface area contributed by atoms with Crippen molar-refractivity contribution in [1.82, 2.24) is 5.16 Å². The molecule has 1 aromatic heterocycles. The number of amides is 1. The van der Waals surface area contributed by atoms with Crippen LogP contribution in [0.2, 0.25) is 0 Å². The van der Waals surface area contributed by atoms with Gasteiger partial charge in [0.05, 0.1) is 0 Å². The maximum Gasteiger partial charge on any atom is 0.307 e. The Morgan fingerprint density at radius 2 is 2.07 bits per heavy atom. The lowest BCUT2D eigenvalue weighted by atomic mass is 9.86. The van der Waals surface area contributed by atoms with Gasteiger partial charge in [-0.05, 0) is 43.9 Å². The number of benzene rings is 1. The van der Waals surface area contributed by atoms with Crippen molar-refractivity contribution >= 4 is 17.7 Å². The number of hydrogen-bond acceptors (Lipinski definition) is 5. The summed E-state index contributed by atoms with van der Waals surface area (Å²) in [5, 5.41) is 6.44. The van der Waals surface area contributed by atoms with Gasteiger partial charge in [-0.2, -0.15) is 0 Å². The minimum atomic E-state index is -1.01. The smallest absolute Gasteiger partial charge is 0.307 e. The van der Waals surface area contributed by atoms with Crippen LogP contribution in [0.4, 0.5) is 5.82 Å². The van der Waals surface area contributed by atoms with Gasteiger partial charge in [-0.25, -0.2) is 0 Å². The van der Waals surface area contributed by atoms with Gasteiger partial charge in [0.1, 0.15) is 5.76 Å². The van der Waals surface area contributed by atoms with Gasteiger partial charge in [0.2, 0.25) is 6.10 Å². The van der Waals surface area contributed by atoms with Crippen LogP contribution in [0.3, 0.4) is 0 Å². The summed E-state index contributed by atoms with van der Waals surface area (Å²) in [6.07, 6.45) is 4.25. The van der Waals surface area contributed by atoms with Crippen LogP contribution in [0, 0.1) is 24.7 Å². The molecule has 2 aliphatic carbocycles. The van der Waals surface area contributed by atoms with Gasteiger partial charge in [-0.3, -0.25) is 9.59 Å². The third kappa shape index (κ3) is 4.04. The molecule has 27 heavy (non-hydrogen) atoms. The summed E-state index contributed by atoms with van der Waals surface area (Å²) in [4.78, 5) is 25.3. The van der Waals surface area contributed by atoms with Crippen LogP contribution in [0.1, 0.15) is 49.5 Å². The lowest BCUT2D eigenvalue weighted by Crippen LogP contribution is -2.27. The number of nitrogens with one attached hydrogen (secondary N) is 1. The summed E-state index contributed by atoms with van der Waals surface area (Å²) < 4.78 is 10.6. The number of hydrogen-bond donors (Lipinski definition) is 1. The first-order chi connectivity index (χ1) is 13.1. The predicted molar refractivity (Wildman–Crippen MR) is 98.7 cm³/mol. The van der Waals surface area contributed by atoms with Crippen LogP contribution in [0.15, 0.2) is 40.9 Å². The number of aryl methyl sites for hydroxylation is 1. The fourth-order valence-electron chi connectivity index (χ4n) is 4.54. The van der Waals surface area contributed by atoms with Crippen molar-refractivity contribution in [3.8, 4) is 0 Å². The molecule has 1 N–H and O–H groups in total. The Morgan fingerprint density at radius 1 is 1.26 bits per heavy atom. The molecule has 142 valence electrons. The normalized spacial score (nSPS) is 24.6. The average molecular weight is 368 g/mol. The highest BCUT2D eigenvalue weighted by atomic mass is 16.5. The molecule has 2 fully saturated rings. The number of fused-ring (bicyclic) bond motifs is 2. The monoisotopic (exact) mass is 368 g/mol. The molecule has 2 bridgehead atoms. The molecule has 2 aliphatic rings. The van der Waals surface area contributed by atoms with Crippen molar-refractivity contribution in [2.45, 2.75) is 45.1 Å². The van der Waals surface area contributed by atoms with Crippen molar-refractivity contribution < 1.29 is 18.8 Å². The molecule has 1 heterocycles. The Hall–Kier alpha value is -2.63. The third-order valence-electron chi connectivity index (χ3n) is 5.78. The van der Waals surface area contributed by atoms with Crippen LogP contribution in [-0.4, -0.2) is 17.0 Å². The Kier molecular flexibility index (Phi) is 4.97. The first kappa shape index (κ1) is 17.8. The van der Waals surface area contributed by atoms with E-state index in [1.54, 1.807) is 25.1 Å². The maximum atomic E-state index is 12.8. The van der Waals surface area contributed by atoms with E-state index in [0.29, 0.717) is 35.4 Å². The number of aromatic nitrogens is 1. The number of carbonyl (C=O) groups excluding carboxylic acids is 2. The second kappa shape index (κ2) is 7.55. The van der Waals surface area contributed by atoms with Gasteiger partial charge < -0.3 is 14.6 Å². The minimum absolute atomic E-state index is 0.308. The summed E-state index contributed by atoms with van der Waals surface area (Å²) in [5.41, 5.74) is 0.636. The molecule has 4 rings (SSSR count). The van der Waals surface area contributed by atoms with Crippen molar-refractivity contribution in [2.75, 3.05) is 5.32 Å². The SMILES string of the molecule is Cc1cc(NC(=O)[C@H](OC(=O)C[C@@H]2C[C@H]3CC[C@H]2C3)c2ccccc2)no1. The van der Waals surface area contributed by atoms with E-state index in [9.17, 15) is 9.59 Å². The van der Waals surface area contributed by atoms with E-state index in [0.717, 1.165) is 12.3 Å². The molecular formula is C21H24N2O4. The summed E-state index contributed by atoms with van der Waals surface area (Å²) in [7, 11) is 0. The zero-order chi connectivity index (χ0) is 18.8. The Labute approximate surface area is 158 Å². The third-order valence-corrected chi connectivity index (χ3v) is 5.78. The molecule has 2 aromatic rings. The molecule has 1 amide bonds. The largest absolute Gasteiger partial charge is 0.447 e. The van der Waals surface area contributed by atoms with Crippen molar-refractivity contribution in [1.29, 1.82) is 0 Å². The van der Waals surface area contributed by atoms with Gasteiger partial charge in [0.25, 0.3) is 5.91 Å². The van der Waals surface area contributed by atoms with Crippen LogP contribution in [0.5, 0.6) is 0 Å². The number of nitrogens with zero attached hydrogens (tertiary/aromatic N) is 1. The van der Waals surface area contributed by atoms with E-state index < -0.39 is 12.0 Å². The second-order valence-electron chi connectivity index (χ2n) is 7.73. The molecule has 0 spiro atoms. The number of ether oxygens (including phenoxy) is 1. The van der Waals surface area contributed by atoms with E-state index >= 15 is 0 Å². The molecule has 0 radical (unpaired) electrons. The quantitative estimate of drug-likeness (QED) is 0.779. The number of esters is 1. The van der Waals surface area contributed by atoms with Gasteiger partial charge in [-0.1, -0.05) is 41.9 Å². The number of anilines is 1. The highest BCUT2D eigenvalue weighted by Crippen LogP contribution is 2.49. The van der Waals surface area contributed by atoms with E-state index in [2.05, 4.69) is 10.5 Å². The van der Waals surface area contributed by atoms with E-state index in [1.165, 1.54) is 19.3 Å². The van der Waals surface area contributed by atoms with Crippen molar-refractivity contribution in [2.24, 2.45) is 17.8 Å². The maximum absolute atomic E-state index is 12.8. The Bertz CT molecular complexity index is 817. The average Bonchev–Trinajstić information content (AvgIpc) is 3.38. The summed E-state index contributed by atoms with van der Waals surface area (Å²) in [6, 6.07) is 10.7. The zero-order valence-electron chi connectivity index (χ0n) is 15.4. The second-order valence-corrected chi connectivity index (χ2v) is 7.73. The van der Waals surface area contributed by atoms with Crippen LogP contribution in [0.25, 0.3) is 0 Å². The predicted octanol–water partition coefficient (Wildman–Crippen LogP) is 4.03. The highest BCUT2D eigenvalue weighted by molar-refractivity contribution is 5.95. The Morgan fingerprint density at radius 3 is 2.70 bits per heavy atom. The molecule has 0 saturated heterocycles. The summed E-state index contributed by atoms with van der Waals surface area (Å²) in [5.74, 6) is 1.97. The van der Waals surface area contributed by atoms with Gasteiger partial charge >= 0.3 is 5.97 Å². The van der Waals surface area contributed by atoms with Crippen molar-refractivity contribution in [3.63, 3.8) is 0 Å². The first-order valence-electron chi connectivity index (χ1n) is 9.57. The van der Waals surface area contributed by atoms with Gasteiger partial charge in [0.15, 0.2) is 5.82 Å². The fourth-order valence-corrected chi connectivity index (χ4v) is 4.54.